The molecule has 7 atom stereocenters. The van der Waals surface area contributed by atoms with E-state index in [4.69, 9.17) is 17.2 Å². The lowest BCUT2D eigenvalue weighted by atomic mass is 10.0. The maximum atomic E-state index is 14.5. The zero-order chi connectivity index (χ0) is 50.6. The van der Waals surface area contributed by atoms with Crippen molar-refractivity contribution in [3.8, 4) is 0 Å². The molecule has 2 aromatic carbocycles. The van der Waals surface area contributed by atoms with Gasteiger partial charge in [0.2, 0.25) is 47.3 Å². The van der Waals surface area contributed by atoms with Crippen LogP contribution in [0.15, 0.2) is 78.3 Å². The third-order valence-electron chi connectivity index (χ3n) is 11.9. The predicted molar refractivity (Wildman–Crippen MR) is 261 cm³/mol. The number of H-pyrrole nitrogens is 2. The highest BCUT2D eigenvalue weighted by Gasteiger charge is 2.36. The van der Waals surface area contributed by atoms with E-state index in [9.17, 15) is 38.4 Å². The Kier molecular flexibility index (Phi) is 20.3. The molecule has 22 nitrogen and oxygen atoms in total. The molecular weight excluding hydrogens is 901 g/mol. The lowest BCUT2D eigenvalue weighted by Gasteiger charge is -2.30. The molecule has 376 valence electrons. The van der Waals surface area contributed by atoms with Gasteiger partial charge in [0.25, 0.3) is 0 Å². The van der Waals surface area contributed by atoms with Gasteiger partial charge in [0, 0.05) is 67.6 Å². The quantitative estimate of drug-likeness (QED) is 0.0327. The smallest absolute Gasteiger partial charge is 0.245 e. The van der Waals surface area contributed by atoms with Crippen LogP contribution in [0.1, 0.15) is 88.5 Å². The van der Waals surface area contributed by atoms with Crippen LogP contribution in [0.4, 0.5) is 0 Å². The Hall–Kier alpha value is -7.78. The largest absolute Gasteiger partial charge is 0.370 e. The summed E-state index contributed by atoms with van der Waals surface area (Å²) in [5.74, 6) is -6.28. The fourth-order valence-electron chi connectivity index (χ4n) is 8.08. The predicted octanol–water partition coefficient (Wildman–Crippen LogP) is -0.365. The van der Waals surface area contributed by atoms with Crippen molar-refractivity contribution in [1.82, 2.24) is 52.2 Å². The Morgan fingerprint density at radius 3 is 2.17 bits per heavy atom. The first-order valence-corrected chi connectivity index (χ1v) is 23.6. The van der Waals surface area contributed by atoms with Gasteiger partial charge < -0.3 is 64.4 Å². The van der Waals surface area contributed by atoms with Crippen LogP contribution in [-0.2, 0) is 57.6 Å². The number of hydrogen-bond donors (Lipinski definition) is 12. The maximum absolute atomic E-state index is 14.5. The molecule has 3 heterocycles. The number of aromatic amines is 2. The summed E-state index contributed by atoms with van der Waals surface area (Å²) in [6.45, 7) is 3.55. The second-order valence-electron chi connectivity index (χ2n) is 17.4. The van der Waals surface area contributed by atoms with Crippen molar-refractivity contribution in [1.29, 1.82) is 0 Å². The summed E-state index contributed by atoms with van der Waals surface area (Å²) in [4.78, 5) is 126. The van der Waals surface area contributed by atoms with Crippen LogP contribution < -0.4 is 54.4 Å². The minimum atomic E-state index is -1.58. The number of rotatable bonds is 19. The highest BCUT2D eigenvalue weighted by molar-refractivity contribution is 5.98. The highest BCUT2D eigenvalue weighted by Crippen LogP contribution is 2.19. The summed E-state index contributed by atoms with van der Waals surface area (Å²) < 4.78 is 0. The molecule has 22 heteroatoms. The van der Waals surface area contributed by atoms with Crippen LogP contribution in [0.25, 0.3) is 10.9 Å². The number of fused-ring (bicyclic) bond motifs is 1. The molecule has 2 aromatic heterocycles. The molecule has 70 heavy (non-hydrogen) atoms. The molecule has 0 bridgehead atoms. The summed E-state index contributed by atoms with van der Waals surface area (Å²) in [6.07, 6.45) is 7.20. The summed E-state index contributed by atoms with van der Waals surface area (Å²) in [5.41, 5.74) is 19.5. The van der Waals surface area contributed by atoms with Crippen LogP contribution in [0.3, 0.4) is 0 Å². The summed E-state index contributed by atoms with van der Waals surface area (Å²) in [5, 5.41) is 19.8. The first-order valence-electron chi connectivity index (χ1n) is 23.6. The molecule has 15 N–H and O–H groups in total. The van der Waals surface area contributed by atoms with Crippen molar-refractivity contribution in [3.05, 3.63) is 90.1 Å². The molecule has 1 fully saturated rings. The van der Waals surface area contributed by atoms with E-state index in [2.05, 4.69) is 57.2 Å². The number of amides is 8. The molecular formula is C48H66N14O8. The number of nitrogens with two attached hydrogens (primary N) is 3. The van der Waals surface area contributed by atoms with Crippen LogP contribution in [0.5, 0.6) is 0 Å². The van der Waals surface area contributed by atoms with Crippen LogP contribution in [0, 0.1) is 0 Å². The normalized spacial score (nSPS) is 21.1. The number of carbonyl (C=O) groups excluding carboxylic acids is 8. The van der Waals surface area contributed by atoms with Crippen molar-refractivity contribution in [2.24, 2.45) is 22.2 Å². The van der Waals surface area contributed by atoms with E-state index in [1.165, 1.54) is 19.4 Å². The number of aliphatic imine (C=N–C) groups is 1. The van der Waals surface area contributed by atoms with Gasteiger partial charge in [-0.1, -0.05) is 74.7 Å². The number of imidazole rings is 1. The standard InChI is InChI=1S/C48H66N14O8/c1-3-4-5-9-18-39(63)57-35-19-20-40(64)56-28(2)41(47(70)59-36(42(49)65)23-30-25-54-33-16-11-10-15-32(30)33)62-44(67)34(17-12-21-53-48(50)51)58-45(68)37(22-29-13-7-6-8-14-29)60-46(69)38(61-43(35)66)24-31-26-52-27-55-31/h6-8,10-11,13-16,25-28,34-38,41,54H,3-5,9,12,17-24H2,1-2H3,(H2,49,65)(H,52,55)(H,56,64)(H,57,63)(H,58,68)(H,59,70)(H,60,69)(H,61,66)(H,62,67)(H4,50,51,53)/t28?,34-,35-,36-,37+,38-,41-/m0/s1. The number of primary amides is 1. The second kappa shape index (κ2) is 26.7. The number of para-hydroxylation sites is 1. The maximum Gasteiger partial charge on any atom is 0.245 e. The van der Waals surface area contributed by atoms with Crippen molar-refractivity contribution in [2.75, 3.05) is 6.54 Å². The van der Waals surface area contributed by atoms with E-state index in [-0.39, 0.29) is 63.9 Å². The summed E-state index contributed by atoms with van der Waals surface area (Å²) >= 11 is 0. The van der Waals surface area contributed by atoms with Crippen molar-refractivity contribution >= 4 is 64.1 Å². The van der Waals surface area contributed by atoms with Gasteiger partial charge in [-0.3, -0.25) is 43.3 Å². The Labute approximate surface area is 405 Å². The van der Waals surface area contributed by atoms with Gasteiger partial charge in [-0.15, -0.1) is 0 Å². The molecule has 1 saturated heterocycles. The van der Waals surface area contributed by atoms with Crippen molar-refractivity contribution in [3.63, 3.8) is 0 Å². The molecule has 0 radical (unpaired) electrons. The summed E-state index contributed by atoms with van der Waals surface area (Å²) in [7, 11) is 0. The van der Waals surface area contributed by atoms with E-state index in [0.29, 0.717) is 23.2 Å². The number of guanidine groups is 1. The monoisotopic (exact) mass is 967 g/mol. The lowest BCUT2D eigenvalue weighted by Crippen LogP contribution is -2.63. The Morgan fingerprint density at radius 1 is 0.786 bits per heavy atom. The van der Waals surface area contributed by atoms with Crippen molar-refractivity contribution in [2.45, 2.75) is 133 Å². The topological polar surface area (TPSA) is 356 Å². The van der Waals surface area contributed by atoms with Gasteiger partial charge in [0.1, 0.15) is 36.3 Å². The van der Waals surface area contributed by atoms with Crippen LogP contribution in [0.2, 0.25) is 0 Å². The third kappa shape index (κ3) is 16.5. The first-order chi connectivity index (χ1) is 33.6. The zero-order valence-corrected chi connectivity index (χ0v) is 39.6. The summed E-state index contributed by atoms with van der Waals surface area (Å²) in [6, 6.07) is 6.75. The molecule has 1 aliphatic rings. The molecule has 5 rings (SSSR count). The average Bonchev–Trinajstić information content (AvgIpc) is 4.01. The molecule has 0 saturated carbocycles. The van der Waals surface area contributed by atoms with E-state index < -0.39 is 89.6 Å². The number of unbranched alkanes of at least 4 members (excludes halogenated alkanes) is 3. The second-order valence-corrected chi connectivity index (χ2v) is 17.4. The minimum absolute atomic E-state index is 0.0268. The van der Waals surface area contributed by atoms with E-state index in [1.807, 2.05) is 31.2 Å². The highest BCUT2D eigenvalue weighted by atomic mass is 16.2. The van der Waals surface area contributed by atoms with Crippen LogP contribution >= 0.6 is 0 Å². The van der Waals surface area contributed by atoms with E-state index in [0.717, 1.165) is 30.2 Å². The van der Waals surface area contributed by atoms with Gasteiger partial charge in [-0.05, 0) is 49.8 Å². The number of benzene rings is 2. The number of nitrogens with zero attached hydrogens (tertiary/aromatic N) is 2. The van der Waals surface area contributed by atoms with E-state index >= 15 is 0 Å². The van der Waals surface area contributed by atoms with Crippen molar-refractivity contribution < 1.29 is 38.4 Å². The molecule has 0 spiro atoms. The van der Waals surface area contributed by atoms with E-state index in [1.54, 1.807) is 36.5 Å². The van der Waals surface area contributed by atoms with Gasteiger partial charge in [-0.25, -0.2) is 4.98 Å². The molecule has 8 amide bonds. The minimum Gasteiger partial charge on any atom is -0.370 e. The SMILES string of the molecule is CCCCCCC(=O)N[C@H]1CCC(=O)NC(C)[C@@H](C(=O)N[C@@H](Cc2c[nH]c3ccccc23)C(N)=O)NC(=O)[C@H](CCCN=C(N)N)NC(=O)[C@@H](Cc2ccccc2)NC(=O)[C@H](Cc2cnc[nH]2)NC1=O. The number of hydrogen-bond acceptors (Lipinski definition) is 10. The zero-order valence-electron chi connectivity index (χ0n) is 39.6. The van der Waals surface area contributed by atoms with Gasteiger partial charge in [0.05, 0.1) is 12.4 Å². The van der Waals surface area contributed by atoms with Gasteiger partial charge >= 0.3 is 0 Å². The molecule has 1 aliphatic heterocycles. The fraction of sp³-hybridized carbons (Fsp3) is 0.458. The number of nitrogens with one attached hydrogen (secondary N) is 9. The van der Waals surface area contributed by atoms with Gasteiger partial charge in [0.15, 0.2) is 5.96 Å². The van der Waals surface area contributed by atoms with Crippen LogP contribution in [-0.4, -0.2) is 117 Å². The molecule has 0 aliphatic carbocycles. The Morgan fingerprint density at radius 2 is 1.47 bits per heavy atom. The lowest BCUT2D eigenvalue weighted by molar-refractivity contribution is -0.136. The third-order valence-corrected chi connectivity index (χ3v) is 11.9. The number of aromatic nitrogens is 3. The van der Waals surface area contributed by atoms with Gasteiger partial charge in [-0.2, -0.15) is 0 Å². The first kappa shape index (κ1) is 53.2. The number of carbonyl (C=O) groups is 8. The molecule has 4 aromatic rings. The molecule has 1 unspecified atom stereocenters. The average molecular weight is 967 g/mol. The Bertz CT molecular complexity index is 2440. The fourth-order valence-corrected chi connectivity index (χ4v) is 8.08. The Balaban J connectivity index is 1.52.